The van der Waals surface area contributed by atoms with Crippen molar-refractivity contribution in [2.75, 3.05) is 19.8 Å². The smallest absolute Gasteiger partial charge is 0.269 e. The Morgan fingerprint density at radius 1 is 1.27 bits per heavy atom. The van der Waals surface area contributed by atoms with Crippen molar-refractivity contribution in [3.8, 4) is 0 Å². The van der Waals surface area contributed by atoms with Gasteiger partial charge in [-0.3, -0.25) is 10.1 Å². The summed E-state index contributed by atoms with van der Waals surface area (Å²) in [5.74, 6) is 1.46. The molecule has 1 heterocycles. The molecule has 0 radical (unpaired) electrons. The van der Waals surface area contributed by atoms with Gasteiger partial charge < -0.3 is 19.8 Å². The summed E-state index contributed by atoms with van der Waals surface area (Å²) in [6.45, 7) is 5.02. The molecule has 0 fully saturated rings. The van der Waals surface area contributed by atoms with Gasteiger partial charge in [0, 0.05) is 31.9 Å². The quantitative estimate of drug-likeness (QED) is 0.222. The van der Waals surface area contributed by atoms with Crippen molar-refractivity contribution in [2.45, 2.75) is 26.4 Å². The van der Waals surface area contributed by atoms with E-state index in [1.807, 2.05) is 19.1 Å². The number of non-ortho nitro benzene ring substituents is 1. The molecule has 1 aromatic carbocycles. The summed E-state index contributed by atoms with van der Waals surface area (Å²) in [5.41, 5.74) is 0.965. The molecule has 140 valence electrons. The van der Waals surface area contributed by atoms with Gasteiger partial charge in [0.2, 0.25) is 0 Å². The van der Waals surface area contributed by atoms with Gasteiger partial charge in [0.15, 0.2) is 5.96 Å². The van der Waals surface area contributed by atoms with Gasteiger partial charge in [-0.15, -0.1) is 0 Å². The zero-order valence-electron chi connectivity index (χ0n) is 14.8. The molecule has 0 aliphatic rings. The van der Waals surface area contributed by atoms with E-state index >= 15 is 0 Å². The first kappa shape index (κ1) is 19.5. The monoisotopic (exact) mass is 360 g/mol. The van der Waals surface area contributed by atoms with Crippen LogP contribution in [0.5, 0.6) is 0 Å². The van der Waals surface area contributed by atoms with Crippen LogP contribution in [0.25, 0.3) is 0 Å². The summed E-state index contributed by atoms with van der Waals surface area (Å²) in [5, 5.41) is 17.2. The molecule has 0 bridgehead atoms. The average molecular weight is 360 g/mol. The van der Waals surface area contributed by atoms with Crippen molar-refractivity contribution in [1.82, 2.24) is 10.6 Å². The molecule has 2 rings (SSSR count). The first-order chi connectivity index (χ1) is 12.7. The second-order valence-electron chi connectivity index (χ2n) is 5.50. The molecule has 8 nitrogen and oxygen atoms in total. The Morgan fingerprint density at radius 3 is 2.73 bits per heavy atom. The first-order valence-corrected chi connectivity index (χ1v) is 8.54. The number of aliphatic imine (C=N–C) groups is 1. The summed E-state index contributed by atoms with van der Waals surface area (Å²) in [7, 11) is 0. The minimum Gasteiger partial charge on any atom is -0.467 e. The molecule has 2 N–H and O–H groups in total. The molecule has 0 atom stereocenters. The van der Waals surface area contributed by atoms with Gasteiger partial charge in [-0.1, -0.05) is 12.1 Å². The van der Waals surface area contributed by atoms with Crippen LogP contribution in [0.15, 0.2) is 52.1 Å². The standard InChI is InChI=1S/C18H24N4O4/c1-2-25-11-4-10-19-18(21-14-17-5-3-12-26-17)20-13-15-6-8-16(9-7-15)22(23)24/h3,5-9,12H,2,4,10-11,13-14H2,1H3,(H2,19,20,21). The first-order valence-electron chi connectivity index (χ1n) is 8.54. The van der Waals surface area contributed by atoms with Gasteiger partial charge in [-0.25, -0.2) is 4.99 Å². The third-order valence-electron chi connectivity index (χ3n) is 3.54. The molecular formula is C18H24N4O4. The average Bonchev–Trinajstić information content (AvgIpc) is 3.17. The van der Waals surface area contributed by atoms with Gasteiger partial charge in [0.05, 0.1) is 24.3 Å². The van der Waals surface area contributed by atoms with E-state index < -0.39 is 4.92 Å². The van der Waals surface area contributed by atoms with Crippen LogP contribution in [-0.2, 0) is 17.8 Å². The lowest BCUT2D eigenvalue weighted by molar-refractivity contribution is -0.384. The van der Waals surface area contributed by atoms with Crippen molar-refractivity contribution in [1.29, 1.82) is 0 Å². The predicted octanol–water partition coefficient (Wildman–Crippen LogP) is 2.85. The number of nitro benzene ring substituents is 1. The maximum absolute atomic E-state index is 10.7. The number of nitro groups is 1. The summed E-state index contributed by atoms with van der Waals surface area (Å²) in [6, 6.07) is 10.1. The predicted molar refractivity (Wildman–Crippen MR) is 98.9 cm³/mol. The lowest BCUT2D eigenvalue weighted by Gasteiger charge is -2.12. The number of furan rings is 1. The van der Waals surface area contributed by atoms with Crippen LogP contribution in [0.2, 0.25) is 0 Å². The maximum atomic E-state index is 10.7. The summed E-state index contributed by atoms with van der Waals surface area (Å²) < 4.78 is 10.6. The zero-order chi connectivity index (χ0) is 18.6. The van der Waals surface area contributed by atoms with Crippen LogP contribution in [0.1, 0.15) is 24.7 Å². The summed E-state index contributed by atoms with van der Waals surface area (Å²) in [6.07, 6.45) is 2.49. The molecular weight excluding hydrogens is 336 g/mol. The van der Waals surface area contributed by atoms with E-state index in [1.54, 1.807) is 18.4 Å². The van der Waals surface area contributed by atoms with Gasteiger partial charge in [-0.2, -0.15) is 0 Å². The van der Waals surface area contributed by atoms with Gasteiger partial charge >= 0.3 is 0 Å². The Bertz CT molecular complexity index is 684. The Kier molecular flexibility index (Phi) is 8.14. The van der Waals surface area contributed by atoms with E-state index in [2.05, 4.69) is 15.6 Å². The van der Waals surface area contributed by atoms with Crippen molar-refractivity contribution in [3.63, 3.8) is 0 Å². The molecule has 0 saturated heterocycles. The Morgan fingerprint density at radius 2 is 2.08 bits per heavy atom. The number of guanidine groups is 1. The van der Waals surface area contributed by atoms with Crippen LogP contribution < -0.4 is 10.6 Å². The fraction of sp³-hybridized carbons (Fsp3) is 0.389. The molecule has 0 aliphatic carbocycles. The highest BCUT2D eigenvalue weighted by Crippen LogP contribution is 2.12. The van der Waals surface area contributed by atoms with Crippen LogP contribution >= 0.6 is 0 Å². The molecule has 8 heteroatoms. The molecule has 2 aromatic rings. The topological polar surface area (TPSA) is 102 Å². The Labute approximate surface area is 152 Å². The van der Waals surface area contributed by atoms with E-state index in [-0.39, 0.29) is 5.69 Å². The van der Waals surface area contributed by atoms with E-state index in [9.17, 15) is 10.1 Å². The number of ether oxygens (including phenoxy) is 1. The number of hydrogen-bond donors (Lipinski definition) is 2. The van der Waals surface area contributed by atoms with E-state index in [0.29, 0.717) is 32.3 Å². The van der Waals surface area contributed by atoms with Gasteiger partial charge in [-0.05, 0) is 31.0 Å². The number of hydrogen-bond acceptors (Lipinski definition) is 5. The van der Waals surface area contributed by atoms with Crippen LogP contribution in [0, 0.1) is 10.1 Å². The highest BCUT2D eigenvalue weighted by molar-refractivity contribution is 5.79. The molecule has 0 amide bonds. The highest BCUT2D eigenvalue weighted by Gasteiger charge is 2.05. The van der Waals surface area contributed by atoms with Gasteiger partial charge in [0.1, 0.15) is 5.76 Å². The Hall–Kier alpha value is -2.87. The normalized spacial score (nSPS) is 11.3. The highest BCUT2D eigenvalue weighted by atomic mass is 16.6. The van der Waals surface area contributed by atoms with Crippen molar-refractivity contribution >= 4 is 11.6 Å². The van der Waals surface area contributed by atoms with Crippen LogP contribution in [0.3, 0.4) is 0 Å². The lowest BCUT2D eigenvalue weighted by Crippen LogP contribution is -2.37. The minimum atomic E-state index is -0.413. The van der Waals surface area contributed by atoms with Gasteiger partial charge in [0.25, 0.3) is 5.69 Å². The van der Waals surface area contributed by atoms with E-state index in [1.165, 1.54) is 12.1 Å². The van der Waals surface area contributed by atoms with Crippen molar-refractivity contribution in [3.05, 3.63) is 64.1 Å². The maximum Gasteiger partial charge on any atom is 0.269 e. The summed E-state index contributed by atoms with van der Waals surface area (Å²) in [4.78, 5) is 14.8. The number of rotatable bonds is 10. The zero-order valence-corrected chi connectivity index (χ0v) is 14.8. The molecule has 0 spiro atoms. The Balaban J connectivity index is 1.91. The fourth-order valence-electron chi connectivity index (χ4n) is 2.18. The number of nitrogens with one attached hydrogen (secondary N) is 2. The second kappa shape index (κ2) is 10.9. The number of benzene rings is 1. The molecule has 0 unspecified atom stereocenters. The van der Waals surface area contributed by atoms with Crippen LogP contribution in [0.4, 0.5) is 5.69 Å². The third-order valence-corrected chi connectivity index (χ3v) is 3.54. The molecule has 0 saturated carbocycles. The van der Waals surface area contributed by atoms with E-state index in [4.69, 9.17) is 9.15 Å². The molecule has 1 aromatic heterocycles. The van der Waals surface area contributed by atoms with Crippen molar-refractivity contribution in [2.24, 2.45) is 4.99 Å². The summed E-state index contributed by atoms with van der Waals surface area (Å²) >= 11 is 0. The SMILES string of the molecule is CCOCCCNC(=NCc1ccc([N+](=O)[O-])cc1)NCc1ccco1. The largest absolute Gasteiger partial charge is 0.467 e. The van der Waals surface area contributed by atoms with Crippen molar-refractivity contribution < 1.29 is 14.1 Å². The molecule has 26 heavy (non-hydrogen) atoms. The lowest BCUT2D eigenvalue weighted by atomic mass is 10.2. The fourth-order valence-corrected chi connectivity index (χ4v) is 2.18. The number of nitrogens with zero attached hydrogens (tertiary/aromatic N) is 2. The van der Waals surface area contributed by atoms with E-state index in [0.717, 1.165) is 24.3 Å². The minimum absolute atomic E-state index is 0.0722. The van der Waals surface area contributed by atoms with Crippen LogP contribution in [-0.4, -0.2) is 30.6 Å². The second-order valence-corrected chi connectivity index (χ2v) is 5.50. The molecule has 0 aliphatic heterocycles. The third kappa shape index (κ3) is 6.94.